The van der Waals surface area contributed by atoms with Gasteiger partial charge in [-0.05, 0) is 49.7 Å². The van der Waals surface area contributed by atoms with Gasteiger partial charge in [0.2, 0.25) is 11.8 Å². The standard InChI is InChI=1S/C19H19F2N3O2/c1-12(19(26)23-14-6-9-16(20)17(21)11-14)22-13-4-7-15(8-5-13)24-10-2-3-18(24)25/h4-9,11-12,22H,2-3,10H2,1H3,(H,23,26)/t12-/m0/s1. The quantitative estimate of drug-likeness (QED) is 0.859. The van der Waals surface area contributed by atoms with Crippen LogP contribution in [0.5, 0.6) is 0 Å². The minimum atomic E-state index is -1.02. The van der Waals surface area contributed by atoms with Crippen molar-refractivity contribution in [3.8, 4) is 0 Å². The molecule has 3 rings (SSSR count). The number of carbonyl (C=O) groups is 2. The molecule has 2 aromatic carbocycles. The molecule has 1 saturated heterocycles. The van der Waals surface area contributed by atoms with Crippen LogP contribution in [0, 0.1) is 11.6 Å². The summed E-state index contributed by atoms with van der Waals surface area (Å²) in [4.78, 5) is 25.7. The van der Waals surface area contributed by atoms with Crippen molar-refractivity contribution in [2.24, 2.45) is 0 Å². The van der Waals surface area contributed by atoms with E-state index in [1.54, 1.807) is 24.0 Å². The Morgan fingerprint density at radius 1 is 1.08 bits per heavy atom. The lowest BCUT2D eigenvalue weighted by molar-refractivity contribution is -0.117. The fourth-order valence-corrected chi connectivity index (χ4v) is 2.80. The molecule has 2 N–H and O–H groups in total. The fraction of sp³-hybridized carbons (Fsp3) is 0.263. The Bertz CT molecular complexity index is 824. The molecular weight excluding hydrogens is 340 g/mol. The van der Waals surface area contributed by atoms with Gasteiger partial charge in [-0.15, -0.1) is 0 Å². The zero-order chi connectivity index (χ0) is 18.7. The van der Waals surface area contributed by atoms with E-state index in [0.717, 1.165) is 30.8 Å². The summed E-state index contributed by atoms with van der Waals surface area (Å²) in [7, 11) is 0. The number of amides is 2. The van der Waals surface area contributed by atoms with Crippen LogP contribution in [-0.4, -0.2) is 24.4 Å². The number of halogens is 2. The number of benzene rings is 2. The Morgan fingerprint density at radius 3 is 2.38 bits per heavy atom. The number of nitrogens with zero attached hydrogens (tertiary/aromatic N) is 1. The third-order valence-electron chi connectivity index (χ3n) is 4.22. The maximum absolute atomic E-state index is 13.2. The third-order valence-corrected chi connectivity index (χ3v) is 4.22. The lowest BCUT2D eigenvalue weighted by atomic mass is 10.2. The van der Waals surface area contributed by atoms with Crippen molar-refractivity contribution in [1.29, 1.82) is 0 Å². The van der Waals surface area contributed by atoms with Gasteiger partial charge in [-0.25, -0.2) is 8.78 Å². The first-order valence-corrected chi connectivity index (χ1v) is 8.37. The SMILES string of the molecule is C[C@H](Nc1ccc(N2CCCC2=O)cc1)C(=O)Nc1ccc(F)c(F)c1. The van der Waals surface area contributed by atoms with Gasteiger partial charge in [-0.2, -0.15) is 0 Å². The van der Waals surface area contributed by atoms with E-state index in [1.807, 2.05) is 12.1 Å². The average Bonchev–Trinajstić information content (AvgIpc) is 3.05. The molecule has 1 aliphatic heterocycles. The van der Waals surface area contributed by atoms with Gasteiger partial charge in [0.05, 0.1) is 0 Å². The minimum absolute atomic E-state index is 0.116. The predicted molar refractivity (Wildman–Crippen MR) is 96.1 cm³/mol. The van der Waals surface area contributed by atoms with E-state index >= 15 is 0 Å². The molecule has 26 heavy (non-hydrogen) atoms. The lowest BCUT2D eigenvalue weighted by Crippen LogP contribution is -2.32. The maximum Gasteiger partial charge on any atom is 0.246 e. The number of hydrogen-bond acceptors (Lipinski definition) is 3. The third kappa shape index (κ3) is 3.99. The Labute approximate surface area is 150 Å². The zero-order valence-electron chi connectivity index (χ0n) is 14.3. The molecular formula is C19H19F2N3O2. The molecule has 136 valence electrons. The second kappa shape index (κ2) is 7.51. The van der Waals surface area contributed by atoms with Gasteiger partial charge >= 0.3 is 0 Å². The van der Waals surface area contributed by atoms with Crippen LogP contribution in [0.15, 0.2) is 42.5 Å². The number of hydrogen-bond donors (Lipinski definition) is 2. The van der Waals surface area contributed by atoms with Gasteiger partial charge in [0.25, 0.3) is 0 Å². The van der Waals surface area contributed by atoms with Crippen LogP contribution in [0.4, 0.5) is 25.8 Å². The van der Waals surface area contributed by atoms with Crippen molar-refractivity contribution in [2.75, 3.05) is 22.1 Å². The van der Waals surface area contributed by atoms with Gasteiger partial charge in [0.15, 0.2) is 11.6 Å². The van der Waals surface area contributed by atoms with Crippen molar-refractivity contribution in [1.82, 2.24) is 0 Å². The van der Waals surface area contributed by atoms with E-state index in [4.69, 9.17) is 0 Å². The summed E-state index contributed by atoms with van der Waals surface area (Å²) in [6.07, 6.45) is 1.43. The van der Waals surface area contributed by atoms with Crippen LogP contribution in [0.2, 0.25) is 0 Å². The highest BCUT2D eigenvalue weighted by atomic mass is 19.2. The van der Waals surface area contributed by atoms with Crippen molar-refractivity contribution < 1.29 is 18.4 Å². The molecule has 0 aliphatic carbocycles. The van der Waals surface area contributed by atoms with Gasteiger partial charge in [-0.1, -0.05) is 0 Å². The summed E-state index contributed by atoms with van der Waals surface area (Å²) in [5.41, 5.74) is 1.73. The van der Waals surface area contributed by atoms with E-state index < -0.39 is 17.7 Å². The second-order valence-electron chi connectivity index (χ2n) is 6.18. The van der Waals surface area contributed by atoms with Gasteiger partial charge < -0.3 is 15.5 Å². The summed E-state index contributed by atoms with van der Waals surface area (Å²) < 4.78 is 26.1. The van der Waals surface area contributed by atoms with Crippen LogP contribution < -0.4 is 15.5 Å². The first kappa shape index (κ1) is 17.8. The molecule has 0 aromatic heterocycles. The smallest absolute Gasteiger partial charge is 0.246 e. The molecule has 1 fully saturated rings. The molecule has 0 spiro atoms. The monoisotopic (exact) mass is 359 g/mol. The van der Waals surface area contributed by atoms with Crippen LogP contribution >= 0.6 is 0 Å². The minimum Gasteiger partial charge on any atom is -0.374 e. The summed E-state index contributed by atoms with van der Waals surface area (Å²) in [6.45, 7) is 2.38. The van der Waals surface area contributed by atoms with E-state index in [-0.39, 0.29) is 17.5 Å². The Balaban J connectivity index is 1.59. The van der Waals surface area contributed by atoms with Crippen LogP contribution in [0.25, 0.3) is 0 Å². The van der Waals surface area contributed by atoms with Crippen LogP contribution in [-0.2, 0) is 9.59 Å². The van der Waals surface area contributed by atoms with Crippen molar-refractivity contribution in [3.63, 3.8) is 0 Å². The Kier molecular flexibility index (Phi) is 5.16. The predicted octanol–water partition coefficient (Wildman–Crippen LogP) is 3.53. The summed E-state index contributed by atoms with van der Waals surface area (Å²) in [5, 5.41) is 5.56. The molecule has 0 bridgehead atoms. The Hall–Kier alpha value is -2.96. The van der Waals surface area contributed by atoms with E-state index in [2.05, 4.69) is 10.6 Å². The largest absolute Gasteiger partial charge is 0.374 e. The highest BCUT2D eigenvalue weighted by Gasteiger charge is 2.21. The first-order valence-electron chi connectivity index (χ1n) is 8.37. The topological polar surface area (TPSA) is 61.4 Å². The summed E-state index contributed by atoms with van der Waals surface area (Å²) in [5.74, 6) is -2.25. The molecule has 0 unspecified atom stereocenters. The molecule has 7 heteroatoms. The van der Waals surface area contributed by atoms with Gasteiger partial charge in [0, 0.05) is 36.1 Å². The van der Waals surface area contributed by atoms with Crippen molar-refractivity contribution >= 4 is 28.9 Å². The van der Waals surface area contributed by atoms with Crippen LogP contribution in [0.3, 0.4) is 0 Å². The lowest BCUT2D eigenvalue weighted by Gasteiger charge is -2.18. The van der Waals surface area contributed by atoms with E-state index in [9.17, 15) is 18.4 Å². The molecule has 1 heterocycles. The number of anilines is 3. The number of rotatable bonds is 5. The van der Waals surface area contributed by atoms with Crippen molar-refractivity contribution in [2.45, 2.75) is 25.8 Å². The number of nitrogens with one attached hydrogen (secondary N) is 2. The van der Waals surface area contributed by atoms with E-state index in [1.165, 1.54) is 6.07 Å². The normalized spacial score (nSPS) is 15.0. The molecule has 0 radical (unpaired) electrons. The first-order chi connectivity index (χ1) is 12.4. The summed E-state index contributed by atoms with van der Waals surface area (Å²) >= 11 is 0. The molecule has 2 amide bonds. The molecule has 0 saturated carbocycles. The highest BCUT2D eigenvalue weighted by molar-refractivity contribution is 5.97. The van der Waals surface area contributed by atoms with Crippen molar-refractivity contribution in [3.05, 3.63) is 54.1 Å². The molecule has 1 aliphatic rings. The molecule has 2 aromatic rings. The van der Waals surface area contributed by atoms with E-state index in [0.29, 0.717) is 12.1 Å². The maximum atomic E-state index is 13.2. The fourth-order valence-electron chi connectivity index (χ4n) is 2.80. The van der Waals surface area contributed by atoms with Gasteiger partial charge in [0.1, 0.15) is 6.04 Å². The zero-order valence-corrected chi connectivity index (χ0v) is 14.3. The molecule has 5 nitrogen and oxygen atoms in total. The second-order valence-corrected chi connectivity index (χ2v) is 6.18. The number of carbonyl (C=O) groups excluding carboxylic acids is 2. The highest BCUT2D eigenvalue weighted by Crippen LogP contribution is 2.23. The van der Waals surface area contributed by atoms with Gasteiger partial charge in [-0.3, -0.25) is 9.59 Å². The molecule has 1 atom stereocenters. The van der Waals surface area contributed by atoms with Crippen LogP contribution in [0.1, 0.15) is 19.8 Å². The average molecular weight is 359 g/mol. The Morgan fingerprint density at radius 2 is 1.77 bits per heavy atom. The summed E-state index contributed by atoms with van der Waals surface area (Å²) in [6, 6.07) is 9.83.